The Morgan fingerprint density at radius 2 is 1.74 bits per heavy atom. The maximum Gasteiger partial charge on any atom is 0.251 e. The number of carbonyl (C=O) groups excluding carboxylic acids is 1. The number of nitrogens with one attached hydrogen (secondary N) is 1. The van der Waals surface area contributed by atoms with Crippen LogP contribution in [-0.4, -0.2) is 36.5 Å². The molecule has 0 aromatic heterocycles. The molecule has 1 saturated heterocycles. The lowest BCUT2D eigenvalue weighted by molar-refractivity contribution is 0.0877. The molecule has 0 spiro atoms. The summed E-state index contributed by atoms with van der Waals surface area (Å²) in [5, 5.41) is 3.21. The van der Waals surface area contributed by atoms with Crippen molar-refractivity contribution in [1.29, 1.82) is 0 Å². The van der Waals surface area contributed by atoms with Crippen molar-refractivity contribution < 1.29 is 9.18 Å². The second-order valence-corrected chi connectivity index (χ2v) is 6.99. The van der Waals surface area contributed by atoms with Crippen molar-refractivity contribution in [2.45, 2.75) is 51.0 Å². The number of hydrogen-bond acceptors (Lipinski definition) is 2. The van der Waals surface area contributed by atoms with Gasteiger partial charge in [-0.3, -0.25) is 4.79 Å². The summed E-state index contributed by atoms with van der Waals surface area (Å²) in [4.78, 5) is 15.0. The van der Waals surface area contributed by atoms with Crippen LogP contribution >= 0.6 is 0 Å². The van der Waals surface area contributed by atoms with Gasteiger partial charge in [-0.1, -0.05) is 19.3 Å². The first-order valence-corrected chi connectivity index (χ1v) is 9.01. The third kappa shape index (κ3) is 4.54. The third-order valence-corrected chi connectivity index (χ3v) is 5.27. The molecule has 0 radical (unpaired) electrons. The Kier molecular flexibility index (Phi) is 5.65. The number of carbonyl (C=O) groups is 1. The van der Waals surface area contributed by atoms with Crippen molar-refractivity contribution in [3.8, 4) is 0 Å². The topological polar surface area (TPSA) is 32.3 Å². The van der Waals surface area contributed by atoms with Gasteiger partial charge in [0, 0.05) is 18.2 Å². The number of piperidine rings is 1. The molecule has 1 N–H and O–H groups in total. The summed E-state index contributed by atoms with van der Waals surface area (Å²) in [5.41, 5.74) is 0.550. The lowest BCUT2D eigenvalue weighted by Crippen LogP contribution is -2.47. The Morgan fingerprint density at radius 1 is 1.04 bits per heavy atom. The van der Waals surface area contributed by atoms with E-state index in [0.29, 0.717) is 11.5 Å². The first-order chi connectivity index (χ1) is 11.2. The Labute approximate surface area is 138 Å². The summed E-state index contributed by atoms with van der Waals surface area (Å²) in [6, 6.07) is 6.07. The van der Waals surface area contributed by atoms with Gasteiger partial charge in [0.05, 0.1) is 0 Å². The highest BCUT2D eigenvalue weighted by Gasteiger charge is 2.28. The maximum atomic E-state index is 13.0. The fraction of sp³-hybridized carbons (Fsp3) is 0.632. The van der Waals surface area contributed by atoms with Crippen LogP contribution in [0.1, 0.15) is 55.3 Å². The summed E-state index contributed by atoms with van der Waals surface area (Å²) in [6.07, 6.45) is 8.67. The molecule has 1 unspecified atom stereocenters. The smallest absolute Gasteiger partial charge is 0.251 e. The quantitative estimate of drug-likeness (QED) is 0.920. The molecule has 1 aromatic rings. The molecule has 126 valence electrons. The molecule has 3 nitrogen and oxygen atoms in total. The van der Waals surface area contributed by atoms with Crippen LogP contribution in [0.4, 0.5) is 4.39 Å². The van der Waals surface area contributed by atoms with E-state index in [2.05, 4.69) is 10.2 Å². The van der Waals surface area contributed by atoms with Gasteiger partial charge in [0.1, 0.15) is 5.82 Å². The highest BCUT2D eigenvalue weighted by atomic mass is 19.1. The van der Waals surface area contributed by atoms with E-state index in [-0.39, 0.29) is 17.8 Å². The van der Waals surface area contributed by atoms with Crippen LogP contribution in [0, 0.1) is 11.7 Å². The van der Waals surface area contributed by atoms with Gasteiger partial charge < -0.3 is 10.2 Å². The van der Waals surface area contributed by atoms with E-state index in [4.69, 9.17) is 0 Å². The predicted octanol–water partition coefficient (Wildman–Crippen LogP) is 3.60. The van der Waals surface area contributed by atoms with Crippen molar-refractivity contribution in [2.75, 3.05) is 19.6 Å². The average molecular weight is 318 g/mol. The van der Waals surface area contributed by atoms with Crippen LogP contribution in [0.25, 0.3) is 0 Å². The number of rotatable bonds is 4. The zero-order valence-corrected chi connectivity index (χ0v) is 13.8. The molecular weight excluding hydrogens is 291 g/mol. The first-order valence-electron chi connectivity index (χ1n) is 9.01. The number of hydrogen-bond donors (Lipinski definition) is 1. The molecule has 23 heavy (non-hydrogen) atoms. The minimum Gasteiger partial charge on any atom is -0.349 e. The molecule has 2 aliphatic rings. The monoisotopic (exact) mass is 318 g/mol. The molecule has 3 rings (SSSR count). The van der Waals surface area contributed by atoms with Crippen LogP contribution in [0.3, 0.4) is 0 Å². The number of nitrogens with zero attached hydrogens (tertiary/aromatic N) is 1. The Morgan fingerprint density at radius 3 is 2.48 bits per heavy atom. The molecule has 1 aliphatic heterocycles. The van der Waals surface area contributed by atoms with Crippen LogP contribution in [0.5, 0.6) is 0 Å². The molecule has 1 aliphatic carbocycles. The number of halogens is 1. The van der Waals surface area contributed by atoms with Gasteiger partial charge in [-0.15, -0.1) is 0 Å². The van der Waals surface area contributed by atoms with Crippen LogP contribution in [-0.2, 0) is 0 Å². The largest absolute Gasteiger partial charge is 0.349 e. The fourth-order valence-electron chi connectivity index (χ4n) is 3.94. The molecule has 2 fully saturated rings. The fourth-order valence-corrected chi connectivity index (χ4v) is 3.94. The van der Waals surface area contributed by atoms with E-state index in [1.165, 1.54) is 63.7 Å². The van der Waals surface area contributed by atoms with Crippen LogP contribution < -0.4 is 5.32 Å². The number of amides is 1. The van der Waals surface area contributed by atoms with Gasteiger partial charge in [-0.25, -0.2) is 4.39 Å². The molecule has 4 heteroatoms. The normalized spacial score (nSPS) is 26.0. The van der Waals surface area contributed by atoms with E-state index in [1.54, 1.807) is 12.1 Å². The second-order valence-electron chi connectivity index (χ2n) is 6.99. The van der Waals surface area contributed by atoms with Gasteiger partial charge in [-0.05, 0) is 69.0 Å². The molecule has 1 heterocycles. The summed E-state index contributed by atoms with van der Waals surface area (Å²) in [5.74, 6) is 0.175. The standard InChI is InChI=1S/C19H27FN2O/c20-17-10-8-15(9-11-17)19(23)21-18-7-3-2-6-16(18)14-22-12-4-1-5-13-22/h8-11,16,18H,1-7,12-14H2,(H,21,23)/t16-,18?/m0/s1. The van der Waals surface area contributed by atoms with Gasteiger partial charge in [-0.2, -0.15) is 0 Å². The van der Waals surface area contributed by atoms with Crippen molar-refractivity contribution in [3.63, 3.8) is 0 Å². The molecular formula is C19H27FN2O. The summed E-state index contributed by atoms with van der Waals surface area (Å²) in [6.45, 7) is 3.51. The third-order valence-electron chi connectivity index (χ3n) is 5.27. The zero-order valence-electron chi connectivity index (χ0n) is 13.8. The van der Waals surface area contributed by atoms with E-state index in [1.807, 2.05) is 0 Å². The lowest BCUT2D eigenvalue weighted by Gasteiger charge is -2.37. The molecule has 0 bridgehead atoms. The molecule has 1 saturated carbocycles. The molecule has 1 aromatic carbocycles. The van der Waals surface area contributed by atoms with Crippen molar-refractivity contribution in [3.05, 3.63) is 35.6 Å². The van der Waals surface area contributed by atoms with E-state index in [0.717, 1.165) is 13.0 Å². The van der Waals surface area contributed by atoms with Crippen LogP contribution in [0.15, 0.2) is 24.3 Å². The molecule has 1 amide bonds. The van der Waals surface area contributed by atoms with Gasteiger partial charge >= 0.3 is 0 Å². The van der Waals surface area contributed by atoms with Crippen molar-refractivity contribution in [2.24, 2.45) is 5.92 Å². The lowest BCUT2D eigenvalue weighted by atomic mass is 9.83. The predicted molar refractivity (Wildman–Crippen MR) is 89.9 cm³/mol. The highest BCUT2D eigenvalue weighted by Crippen LogP contribution is 2.26. The van der Waals surface area contributed by atoms with E-state index >= 15 is 0 Å². The zero-order chi connectivity index (χ0) is 16.1. The summed E-state index contributed by atoms with van der Waals surface area (Å²) >= 11 is 0. The number of likely N-dealkylation sites (tertiary alicyclic amines) is 1. The minimum absolute atomic E-state index is 0.0689. The van der Waals surface area contributed by atoms with Gasteiger partial charge in [0.25, 0.3) is 5.91 Å². The Bertz CT molecular complexity index is 511. The molecule has 2 atom stereocenters. The first kappa shape index (κ1) is 16.4. The summed E-state index contributed by atoms with van der Waals surface area (Å²) < 4.78 is 13.0. The summed E-state index contributed by atoms with van der Waals surface area (Å²) in [7, 11) is 0. The van der Waals surface area contributed by atoms with E-state index in [9.17, 15) is 9.18 Å². The number of benzene rings is 1. The van der Waals surface area contributed by atoms with Gasteiger partial charge in [0.15, 0.2) is 0 Å². The van der Waals surface area contributed by atoms with E-state index < -0.39 is 0 Å². The minimum atomic E-state index is -0.304. The van der Waals surface area contributed by atoms with Crippen LogP contribution in [0.2, 0.25) is 0 Å². The highest BCUT2D eigenvalue weighted by molar-refractivity contribution is 5.94. The average Bonchev–Trinajstić information content (AvgIpc) is 2.58. The Hall–Kier alpha value is -1.42. The SMILES string of the molecule is O=C(NC1CCCC[C@H]1CN1CCCCC1)c1ccc(F)cc1. The van der Waals surface area contributed by atoms with Gasteiger partial charge in [0.2, 0.25) is 0 Å². The Balaban J connectivity index is 1.59. The maximum absolute atomic E-state index is 13.0. The van der Waals surface area contributed by atoms with Crippen molar-refractivity contribution in [1.82, 2.24) is 10.2 Å². The second kappa shape index (κ2) is 7.91. The van der Waals surface area contributed by atoms with Crippen molar-refractivity contribution >= 4 is 5.91 Å².